The maximum Gasteiger partial charge on any atom is 0.227 e. The number of rotatable bonds is 6. The van der Waals surface area contributed by atoms with Gasteiger partial charge in [-0.15, -0.1) is 0 Å². The van der Waals surface area contributed by atoms with Gasteiger partial charge in [0, 0.05) is 12.6 Å². The number of halogens is 1. The van der Waals surface area contributed by atoms with Crippen LogP contribution in [0.5, 0.6) is 5.75 Å². The van der Waals surface area contributed by atoms with Crippen LogP contribution in [-0.2, 0) is 13.0 Å². The average Bonchev–Trinajstić information content (AvgIpc) is 2.62. The molecule has 3 rings (SSSR count). The Balaban J connectivity index is 1.55. The molecule has 25 heavy (non-hydrogen) atoms. The molecule has 0 aliphatic carbocycles. The van der Waals surface area contributed by atoms with Gasteiger partial charge in [-0.1, -0.05) is 18.2 Å². The van der Waals surface area contributed by atoms with Gasteiger partial charge in [-0.3, -0.25) is 9.69 Å². The highest BCUT2D eigenvalue weighted by Gasteiger charge is 2.21. The lowest BCUT2D eigenvalue weighted by Gasteiger charge is -2.32. The molecule has 0 radical (unpaired) electrons. The van der Waals surface area contributed by atoms with E-state index in [0.717, 1.165) is 44.3 Å². The summed E-state index contributed by atoms with van der Waals surface area (Å²) < 4.78 is 24.2. The number of nitrogens with zero attached hydrogens (tertiary/aromatic N) is 1. The van der Waals surface area contributed by atoms with E-state index in [1.807, 2.05) is 12.1 Å². The minimum Gasteiger partial charge on any atom is -0.490 e. The van der Waals surface area contributed by atoms with Crippen molar-refractivity contribution >= 4 is 0 Å². The van der Waals surface area contributed by atoms with Crippen LogP contribution in [0.4, 0.5) is 4.39 Å². The summed E-state index contributed by atoms with van der Waals surface area (Å²) in [4.78, 5) is 14.1. The second-order valence-corrected chi connectivity index (χ2v) is 6.65. The van der Waals surface area contributed by atoms with Gasteiger partial charge in [0.1, 0.15) is 17.8 Å². The zero-order valence-electron chi connectivity index (χ0n) is 14.5. The van der Waals surface area contributed by atoms with Gasteiger partial charge >= 0.3 is 0 Å². The number of benzene rings is 1. The van der Waals surface area contributed by atoms with E-state index in [1.54, 1.807) is 6.07 Å². The van der Waals surface area contributed by atoms with Crippen molar-refractivity contribution in [2.24, 2.45) is 5.92 Å². The fourth-order valence-electron chi connectivity index (χ4n) is 3.48. The molecule has 0 spiro atoms. The van der Waals surface area contributed by atoms with Crippen LogP contribution in [0.25, 0.3) is 0 Å². The monoisotopic (exact) mass is 345 g/mol. The van der Waals surface area contributed by atoms with Gasteiger partial charge in [0.05, 0.1) is 13.7 Å². The Morgan fingerprint density at radius 1 is 1.36 bits per heavy atom. The Morgan fingerprint density at radius 3 is 2.96 bits per heavy atom. The lowest BCUT2D eigenvalue weighted by atomic mass is 9.91. The van der Waals surface area contributed by atoms with E-state index in [0.29, 0.717) is 18.2 Å². The lowest BCUT2D eigenvalue weighted by molar-refractivity contribution is 0.150. The molecule has 1 aromatic heterocycles. The van der Waals surface area contributed by atoms with E-state index in [2.05, 4.69) is 4.90 Å². The minimum atomic E-state index is -0.156. The van der Waals surface area contributed by atoms with Crippen LogP contribution in [0.15, 0.2) is 45.8 Å². The highest BCUT2D eigenvalue weighted by molar-refractivity contribution is 5.18. The molecule has 1 fully saturated rings. The first-order chi connectivity index (χ1) is 12.2. The molecule has 1 aliphatic rings. The predicted molar refractivity (Wildman–Crippen MR) is 94.3 cm³/mol. The van der Waals surface area contributed by atoms with Crippen LogP contribution in [0, 0.1) is 11.7 Å². The summed E-state index contributed by atoms with van der Waals surface area (Å²) in [6, 6.07) is 8.50. The summed E-state index contributed by atoms with van der Waals surface area (Å²) in [5, 5.41) is 0. The quantitative estimate of drug-likeness (QED) is 0.802. The Kier molecular flexibility index (Phi) is 5.87. The fraction of sp³-hybridized carbons (Fsp3) is 0.450. The molecular weight excluding hydrogens is 321 g/mol. The van der Waals surface area contributed by atoms with Crippen LogP contribution < -0.4 is 10.2 Å². The first kappa shape index (κ1) is 17.7. The van der Waals surface area contributed by atoms with Crippen LogP contribution in [0.3, 0.4) is 0 Å². The topological polar surface area (TPSA) is 42.7 Å². The molecule has 0 amide bonds. The minimum absolute atomic E-state index is 0.116. The molecule has 1 aromatic carbocycles. The van der Waals surface area contributed by atoms with Crippen molar-refractivity contribution in [2.45, 2.75) is 32.2 Å². The van der Waals surface area contributed by atoms with Gasteiger partial charge in [-0.05, 0) is 49.8 Å². The summed E-state index contributed by atoms with van der Waals surface area (Å²) in [5.41, 5.74) is 0.637. The van der Waals surface area contributed by atoms with Crippen molar-refractivity contribution in [3.63, 3.8) is 0 Å². The Hall–Kier alpha value is -2.14. The Labute approximate surface area is 147 Å². The average molecular weight is 345 g/mol. The molecule has 1 atom stereocenters. The van der Waals surface area contributed by atoms with Crippen LogP contribution in [-0.4, -0.2) is 25.1 Å². The van der Waals surface area contributed by atoms with E-state index >= 15 is 0 Å². The van der Waals surface area contributed by atoms with Crippen molar-refractivity contribution in [2.75, 3.05) is 20.2 Å². The largest absolute Gasteiger partial charge is 0.490 e. The number of aryl methyl sites for hydroxylation is 1. The predicted octanol–water partition coefficient (Wildman–Crippen LogP) is 3.63. The van der Waals surface area contributed by atoms with Crippen LogP contribution in [0.2, 0.25) is 0 Å². The second-order valence-electron chi connectivity index (χ2n) is 6.65. The molecule has 2 heterocycles. The number of hydrogen-bond donors (Lipinski definition) is 0. The van der Waals surface area contributed by atoms with Crippen LogP contribution in [0.1, 0.15) is 30.6 Å². The van der Waals surface area contributed by atoms with Crippen molar-refractivity contribution in [1.29, 1.82) is 0 Å². The van der Waals surface area contributed by atoms with Gasteiger partial charge in [0.2, 0.25) is 11.2 Å². The highest BCUT2D eigenvalue weighted by Crippen LogP contribution is 2.23. The van der Waals surface area contributed by atoms with E-state index in [1.165, 1.54) is 25.5 Å². The highest BCUT2D eigenvalue weighted by atomic mass is 19.1. The molecule has 0 unspecified atom stereocenters. The standard InChI is InChI=1S/C20H24FNO3/c1-24-20-14-25-17(11-19(20)23)13-22-10-4-5-15(12-22)8-9-16-6-2-3-7-18(16)21/h2-3,6-7,11,14-15H,4-5,8-10,12-13H2,1H3/t15-/m0/s1. The zero-order valence-corrected chi connectivity index (χ0v) is 14.5. The van der Waals surface area contributed by atoms with E-state index in [-0.39, 0.29) is 17.0 Å². The summed E-state index contributed by atoms with van der Waals surface area (Å²) >= 11 is 0. The number of ether oxygens (including phenoxy) is 1. The third-order valence-electron chi connectivity index (χ3n) is 4.83. The number of hydrogen-bond acceptors (Lipinski definition) is 4. The summed E-state index contributed by atoms with van der Waals surface area (Å²) in [6.07, 6.45) is 5.39. The molecular formula is C20H24FNO3. The first-order valence-corrected chi connectivity index (χ1v) is 8.77. The van der Waals surface area contributed by atoms with E-state index in [9.17, 15) is 9.18 Å². The van der Waals surface area contributed by atoms with Crippen molar-refractivity contribution in [3.05, 3.63) is 64.0 Å². The van der Waals surface area contributed by atoms with Gasteiger partial charge < -0.3 is 9.15 Å². The molecule has 4 nitrogen and oxygen atoms in total. The number of likely N-dealkylation sites (tertiary alicyclic amines) is 1. The summed E-state index contributed by atoms with van der Waals surface area (Å²) in [6.45, 7) is 2.56. The molecule has 0 bridgehead atoms. The van der Waals surface area contributed by atoms with Crippen LogP contribution >= 0.6 is 0 Å². The number of methoxy groups -OCH3 is 1. The van der Waals surface area contributed by atoms with Crippen molar-refractivity contribution < 1.29 is 13.5 Å². The molecule has 0 saturated carbocycles. The second kappa shape index (κ2) is 8.30. The molecule has 134 valence electrons. The number of piperidine rings is 1. The van der Waals surface area contributed by atoms with Gasteiger partial charge in [0.25, 0.3) is 0 Å². The smallest absolute Gasteiger partial charge is 0.227 e. The van der Waals surface area contributed by atoms with Gasteiger partial charge in [-0.2, -0.15) is 0 Å². The maximum absolute atomic E-state index is 13.7. The summed E-state index contributed by atoms with van der Waals surface area (Å²) in [7, 11) is 1.46. The van der Waals surface area contributed by atoms with Gasteiger partial charge in [0.15, 0.2) is 0 Å². The van der Waals surface area contributed by atoms with E-state index < -0.39 is 0 Å². The van der Waals surface area contributed by atoms with Gasteiger partial charge in [-0.25, -0.2) is 4.39 Å². The fourth-order valence-corrected chi connectivity index (χ4v) is 3.48. The third kappa shape index (κ3) is 4.69. The van der Waals surface area contributed by atoms with Crippen molar-refractivity contribution in [1.82, 2.24) is 4.90 Å². The first-order valence-electron chi connectivity index (χ1n) is 8.77. The molecule has 0 N–H and O–H groups in total. The Morgan fingerprint density at radius 2 is 2.20 bits per heavy atom. The van der Waals surface area contributed by atoms with E-state index in [4.69, 9.17) is 9.15 Å². The van der Waals surface area contributed by atoms with Crippen molar-refractivity contribution in [3.8, 4) is 5.75 Å². The normalized spacial score (nSPS) is 18.2. The lowest BCUT2D eigenvalue weighted by Crippen LogP contribution is -2.35. The molecule has 1 aliphatic heterocycles. The Bertz CT molecular complexity index is 759. The molecule has 1 saturated heterocycles. The zero-order chi connectivity index (χ0) is 17.6. The SMILES string of the molecule is COc1coc(CN2CCC[C@@H](CCc3ccccc3F)C2)cc1=O. The molecule has 2 aromatic rings. The third-order valence-corrected chi connectivity index (χ3v) is 4.83. The summed E-state index contributed by atoms with van der Waals surface area (Å²) in [5.74, 6) is 1.30. The maximum atomic E-state index is 13.7. The molecule has 5 heteroatoms.